The third kappa shape index (κ3) is 2.64. The zero-order valence-electron chi connectivity index (χ0n) is 10.8. The maximum Gasteiger partial charge on any atom is 0.314 e. The van der Waals surface area contributed by atoms with Crippen molar-refractivity contribution >= 4 is 40.8 Å². The molecular weight excluding hydrogens is 289 g/mol. The van der Waals surface area contributed by atoms with E-state index < -0.39 is 8.25 Å². The predicted octanol–water partition coefficient (Wildman–Crippen LogP) is 2.62. The summed E-state index contributed by atoms with van der Waals surface area (Å²) < 4.78 is 8.74. The van der Waals surface area contributed by atoms with Crippen molar-refractivity contribution in [2.45, 2.75) is 0 Å². The number of rotatable bonds is 0. The number of hydrogen-bond donors (Lipinski definition) is 3. The highest BCUT2D eigenvalue weighted by Crippen LogP contribution is 2.29. The van der Waals surface area contributed by atoms with E-state index in [-0.39, 0.29) is 0 Å². The monoisotopic (exact) mass is 301 g/mol. The van der Waals surface area contributed by atoms with Crippen molar-refractivity contribution in [2.75, 3.05) is 0 Å². The van der Waals surface area contributed by atoms with E-state index in [2.05, 4.69) is 57.9 Å². The third-order valence-corrected chi connectivity index (χ3v) is 3.22. The van der Waals surface area contributed by atoms with E-state index in [1.807, 2.05) is 6.07 Å². The highest BCUT2D eigenvalue weighted by atomic mass is 31.1. The molecule has 0 radical (unpaired) electrons. The number of H-pyrrole nitrogens is 1. The fourth-order valence-electron chi connectivity index (χ4n) is 2.40. The van der Waals surface area contributed by atoms with Crippen molar-refractivity contribution in [2.24, 2.45) is 0 Å². The Morgan fingerprint density at radius 2 is 1.62 bits per heavy atom. The maximum absolute atomic E-state index is 8.74. The van der Waals surface area contributed by atoms with Gasteiger partial charge in [0.15, 0.2) is 0 Å². The van der Waals surface area contributed by atoms with Gasteiger partial charge in [-0.15, -0.1) is 5.10 Å². The van der Waals surface area contributed by atoms with Gasteiger partial charge in [-0.25, -0.2) is 0 Å². The summed E-state index contributed by atoms with van der Waals surface area (Å²) in [5.41, 5.74) is 1.92. The minimum Gasteiger partial charge on any atom is -0.326 e. The van der Waals surface area contributed by atoms with Gasteiger partial charge in [-0.1, -0.05) is 47.7 Å². The second kappa shape index (κ2) is 5.61. The van der Waals surface area contributed by atoms with Crippen molar-refractivity contribution in [3.63, 3.8) is 0 Å². The van der Waals surface area contributed by atoms with Crippen LogP contribution >= 0.6 is 8.25 Å². The molecule has 0 spiro atoms. The summed E-state index contributed by atoms with van der Waals surface area (Å²) in [7, 11) is -3.13. The SMILES string of the molecule is O=[PH](O)O.c1ccc2c(c1)ccc1c2ccc2[nH]nnc21. The zero-order valence-corrected chi connectivity index (χ0v) is 11.8. The molecule has 0 bridgehead atoms. The van der Waals surface area contributed by atoms with Crippen molar-refractivity contribution < 1.29 is 14.4 Å². The fourth-order valence-corrected chi connectivity index (χ4v) is 2.40. The molecule has 0 amide bonds. The van der Waals surface area contributed by atoms with E-state index in [0.717, 1.165) is 16.4 Å². The Morgan fingerprint density at radius 3 is 2.43 bits per heavy atom. The van der Waals surface area contributed by atoms with Gasteiger partial charge in [-0.05, 0) is 22.2 Å². The standard InChI is InChI=1S/C14H9N3.H3O3P/c1-2-4-10-9(3-1)5-6-12-11(10)7-8-13-14(12)16-17-15-13;1-4(2)3/h1-8H,(H,15,16,17);4H,(H2,1,2,3). The maximum atomic E-state index is 8.74. The molecule has 3 aromatic carbocycles. The molecule has 0 aliphatic carbocycles. The van der Waals surface area contributed by atoms with Crippen molar-refractivity contribution in [1.29, 1.82) is 0 Å². The van der Waals surface area contributed by atoms with Crippen LogP contribution in [0.3, 0.4) is 0 Å². The van der Waals surface area contributed by atoms with Crippen LogP contribution in [-0.4, -0.2) is 25.2 Å². The summed E-state index contributed by atoms with van der Waals surface area (Å²) in [6.45, 7) is 0. The number of benzene rings is 3. The van der Waals surface area contributed by atoms with Gasteiger partial charge in [0, 0.05) is 5.39 Å². The average Bonchev–Trinajstić information content (AvgIpc) is 2.95. The van der Waals surface area contributed by atoms with Crippen LogP contribution in [0.1, 0.15) is 0 Å². The van der Waals surface area contributed by atoms with Crippen LogP contribution in [0, 0.1) is 0 Å². The number of aromatic nitrogens is 3. The summed E-state index contributed by atoms with van der Waals surface area (Å²) in [5.74, 6) is 0. The van der Waals surface area contributed by atoms with E-state index in [0.29, 0.717) is 0 Å². The fraction of sp³-hybridized carbons (Fsp3) is 0. The van der Waals surface area contributed by atoms with Crippen LogP contribution < -0.4 is 0 Å². The van der Waals surface area contributed by atoms with Gasteiger partial charge in [-0.2, -0.15) is 0 Å². The smallest absolute Gasteiger partial charge is 0.314 e. The van der Waals surface area contributed by atoms with Crippen LogP contribution in [0.5, 0.6) is 0 Å². The lowest BCUT2D eigenvalue weighted by Crippen LogP contribution is -1.79. The predicted molar refractivity (Wildman–Crippen MR) is 82.3 cm³/mol. The molecule has 106 valence electrons. The number of nitrogens with one attached hydrogen (secondary N) is 1. The van der Waals surface area contributed by atoms with Crippen molar-refractivity contribution in [3.8, 4) is 0 Å². The molecule has 1 heterocycles. The number of aromatic amines is 1. The summed E-state index contributed by atoms with van der Waals surface area (Å²) in [4.78, 5) is 14.3. The second-order valence-electron chi connectivity index (χ2n) is 4.44. The molecule has 0 aliphatic heterocycles. The van der Waals surface area contributed by atoms with Gasteiger partial charge in [0.1, 0.15) is 5.52 Å². The van der Waals surface area contributed by atoms with Crippen molar-refractivity contribution in [3.05, 3.63) is 48.5 Å². The van der Waals surface area contributed by atoms with Gasteiger partial charge < -0.3 is 9.79 Å². The normalized spacial score (nSPS) is 11.0. The Kier molecular flexibility index (Phi) is 3.66. The molecule has 21 heavy (non-hydrogen) atoms. The largest absolute Gasteiger partial charge is 0.326 e. The molecule has 0 saturated carbocycles. The molecule has 0 atom stereocenters. The van der Waals surface area contributed by atoms with Gasteiger partial charge in [0.2, 0.25) is 0 Å². The average molecular weight is 301 g/mol. The van der Waals surface area contributed by atoms with E-state index in [4.69, 9.17) is 14.4 Å². The molecule has 0 saturated heterocycles. The first-order chi connectivity index (χ1) is 10.2. The Bertz CT molecular complexity index is 948. The van der Waals surface area contributed by atoms with Crippen LogP contribution in [0.4, 0.5) is 0 Å². The van der Waals surface area contributed by atoms with Crippen molar-refractivity contribution in [1.82, 2.24) is 15.4 Å². The van der Waals surface area contributed by atoms with Gasteiger partial charge >= 0.3 is 8.25 Å². The van der Waals surface area contributed by atoms with E-state index in [1.165, 1.54) is 16.2 Å². The molecule has 0 fully saturated rings. The number of fused-ring (bicyclic) bond motifs is 5. The minimum absolute atomic E-state index is 0.938. The van der Waals surface area contributed by atoms with E-state index in [1.54, 1.807) is 0 Å². The van der Waals surface area contributed by atoms with Gasteiger partial charge in [-0.3, -0.25) is 9.66 Å². The Morgan fingerprint density at radius 1 is 0.905 bits per heavy atom. The molecule has 4 aromatic rings. The molecule has 0 unspecified atom stereocenters. The lowest BCUT2D eigenvalue weighted by atomic mass is 10.0. The lowest BCUT2D eigenvalue weighted by Gasteiger charge is -2.03. The first-order valence-corrected chi connectivity index (χ1v) is 7.50. The number of hydrogen-bond acceptors (Lipinski definition) is 3. The third-order valence-electron chi connectivity index (χ3n) is 3.22. The molecule has 1 aromatic heterocycles. The lowest BCUT2D eigenvalue weighted by molar-refractivity contribution is 0.405. The van der Waals surface area contributed by atoms with Gasteiger partial charge in [0.25, 0.3) is 0 Å². The molecular formula is C14H12N3O3P. The van der Waals surface area contributed by atoms with Crippen LogP contribution in [0.25, 0.3) is 32.6 Å². The number of nitrogens with zero attached hydrogens (tertiary/aromatic N) is 2. The summed E-state index contributed by atoms with van der Waals surface area (Å²) in [5, 5.41) is 15.8. The Hall–Kier alpha value is -2.27. The quantitative estimate of drug-likeness (QED) is 0.342. The highest BCUT2D eigenvalue weighted by molar-refractivity contribution is 7.30. The molecule has 0 aliphatic rings. The molecule has 4 rings (SSSR count). The second-order valence-corrected chi connectivity index (χ2v) is 5.00. The molecule has 3 N–H and O–H groups in total. The Labute approximate surface area is 120 Å². The first kappa shape index (κ1) is 13.7. The Balaban J connectivity index is 0.000000298. The first-order valence-electron chi connectivity index (χ1n) is 6.20. The zero-order chi connectivity index (χ0) is 14.8. The summed E-state index contributed by atoms with van der Waals surface area (Å²) in [6, 6.07) is 16.8. The minimum atomic E-state index is -3.13. The summed E-state index contributed by atoms with van der Waals surface area (Å²) in [6.07, 6.45) is 0. The van der Waals surface area contributed by atoms with E-state index in [9.17, 15) is 0 Å². The van der Waals surface area contributed by atoms with E-state index >= 15 is 0 Å². The highest BCUT2D eigenvalue weighted by Gasteiger charge is 2.05. The van der Waals surface area contributed by atoms with Gasteiger partial charge in [0.05, 0.1) is 5.52 Å². The van der Waals surface area contributed by atoms with Crippen LogP contribution in [0.2, 0.25) is 0 Å². The van der Waals surface area contributed by atoms with Crippen LogP contribution in [0.15, 0.2) is 48.5 Å². The molecule has 6 nitrogen and oxygen atoms in total. The molecule has 7 heteroatoms. The van der Waals surface area contributed by atoms with Crippen LogP contribution in [-0.2, 0) is 4.57 Å². The topological polar surface area (TPSA) is 99.1 Å². The summed E-state index contributed by atoms with van der Waals surface area (Å²) >= 11 is 0.